The van der Waals surface area contributed by atoms with E-state index in [0.29, 0.717) is 17.2 Å². The fourth-order valence-electron chi connectivity index (χ4n) is 0.882. The third kappa shape index (κ3) is 5.52. The number of amides is 3. The zero-order chi connectivity index (χ0) is 11.8. The summed E-state index contributed by atoms with van der Waals surface area (Å²) in [6.07, 6.45) is -0.696. The van der Waals surface area contributed by atoms with Crippen molar-refractivity contribution in [2.24, 2.45) is 5.92 Å². The van der Waals surface area contributed by atoms with Gasteiger partial charge >= 0.3 is 12.1 Å². The van der Waals surface area contributed by atoms with Gasteiger partial charge in [0.15, 0.2) is 0 Å². The summed E-state index contributed by atoms with van der Waals surface area (Å²) >= 11 is 0. The molecule has 0 aliphatic carbocycles. The molecule has 6 nitrogen and oxygen atoms in total. The van der Waals surface area contributed by atoms with Crippen LogP contribution in [0.3, 0.4) is 0 Å². The predicted molar refractivity (Wildman–Crippen MR) is 53.2 cm³/mol. The molecule has 0 atom stereocenters. The van der Waals surface area contributed by atoms with Gasteiger partial charge in [-0.3, -0.25) is 0 Å². The van der Waals surface area contributed by atoms with Crippen molar-refractivity contribution < 1.29 is 14.7 Å². The van der Waals surface area contributed by atoms with Crippen LogP contribution < -0.4 is 5.32 Å². The quantitative estimate of drug-likeness (QED) is 0.687. The van der Waals surface area contributed by atoms with Gasteiger partial charge in [-0.2, -0.15) is 5.26 Å². The molecule has 0 aliphatic rings. The molecule has 0 unspecified atom stereocenters. The number of imide groups is 1. The van der Waals surface area contributed by atoms with E-state index in [2.05, 4.69) is 5.32 Å². The number of nitrogens with zero attached hydrogens (tertiary/aromatic N) is 2. The summed E-state index contributed by atoms with van der Waals surface area (Å²) < 4.78 is 0. The second kappa shape index (κ2) is 6.65. The Labute approximate surface area is 88.5 Å². The highest BCUT2D eigenvalue weighted by atomic mass is 16.4. The number of urea groups is 1. The molecule has 0 aromatic heterocycles. The molecule has 15 heavy (non-hydrogen) atoms. The van der Waals surface area contributed by atoms with Crippen LogP contribution in [0.25, 0.3) is 0 Å². The summed E-state index contributed by atoms with van der Waals surface area (Å²) in [7, 11) is 0. The molecule has 0 bridgehead atoms. The van der Waals surface area contributed by atoms with Gasteiger partial charge in [0.25, 0.3) is 0 Å². The van der Waals surface area contributed by atoms with E-state index in [9.17, 15) is 9.59 Å². The first-order chi connectivity index (χ1) is 6.99. The van der Waals surface area contributed by atoms with Gasteiger partial charge < -0.3 is 10.4 Å². The van der Waals surface area contributed by atoms with E-state index in [4.69, 9.17) is 10.4 Å². The molecule has 0 heterocycles. The molecule has 0 spiro atoms. The van der Waals surface area contributed by atoms with E-state index in [1.807, 2.05) is 13.8 Å². The maximum atomic E-state index is 11.2. The van der Waals surface area contributed by atoms with Gasteiger partial charge in [0.2, 0.25) is 0 Å². The van der Waals surface area contributed by atoms with Gasteiger partial charge in [-0.25, -0.2) is 14.5 Å². The van der Waals surface area contributed by atoms with Gasteiger partial charge in [-0.15, -0.1) is 0 Å². The lowest BCUT2D eigenvalue weighted by Crippen LogP contribution is -2.44. The smallest absolute Gasteiger partial charge is 0.415 e. The van der Waals surface area contributed by atoms with Gasteiger partial charge in [0.05, 0.1) is 6.07 Å². The number of hydrogen-bond acceptors (Lipinski definition) is 3. The highest BCUT2D eigenvalue weighted by molar-refractivity contribution is 5.90. The number of rotatable bonds is 4. The lowest BCUT2D eigenvalue weighted by Gasteiger charge is -2.17. The number of carbonyl (C=O) groups excluding carboxylic acids is 1. The van der Waals surface area contributed by atoms with Crippen molar-refractivity contribution in [3.8, 4) is 6.07 Å². The molecule has 0 saturated carbocycles. The van der Waals surface area contributed by atoms with Gasteiger partial charge in [0.1, 0.15) is 6.54 Å². The average Bonchev–Trinajstić information content (AvgIpc) is 2.13. The van der Waals surface area contributed by atoms with E-state index in [1.54, 1.807) is 6.07 Å². The summed E-state index contributed by atoms with van der Waals surface area (Å²) in [4.78, 5) is 22.6. The van der Waals surface area contributed by atoms with E-state index in [1.165, 1.54) is 0 Å². The second-order valence-corrected chi connectivity index (χ2v) is 3.43. The first kappa shape index (κ1) is 13.2. The monoisotopic (exact) mass is 213 g/mol. The average molecular weight is 213 g/mol. The third-order valence-corrected chi connectivity index (χ3v) is 1.72. The maximum Gasteiger partial charge on any atom is 0.415 e. The zero-order valence-electron chi connectivity index (χ0n) is 8.86. The Morgan fingerprint density at radius 1 is 1.53 bits per heavy atom. The lowest BCUT2D eigenvalue weighted by molar-refractivity contribution is 0.146. The normalized spacial score (nSPS) is 9.47. The molecular weight excluding hydrogens is 198 g/mol. The minimum absolute atomic E-state index is 0.143. The largest absolute Gasteiger partial charge is 0.465 e. The van der Waals surface area contributed by atoms with E-state index in [-0.39, 0.29) is 13.1 Å². The van der Waals surface area contributed by atoms with Crippen LogP contribution in [0.1, 0.15) is 20.3 Å². The standard InChI is InChI=1S/C9H15N3O3/c1-7(2)3-6-12(9(14)15)8(13)11-5-4-10/h7H,3,5-6H2,1-2H3,(H,11,13)(H,14,15). The topological polar surface area (TPSA) is 93.4 Å². The van der Waals surface area contributed by atoms with Gasteiger partial charge in [-0.05, 0) is 12.3 Å². The van der Waals surface area contributed by atoms with Crippen LogP contribution in [0.4, 0.5) is 9.59 Å². The van der Waals surface area contributed by atoms with Crippen LogP contribution in [0, 0.1) is 17.2 Å². The van der Waals surface area contributed by atoms with E-state index in [0.717, 1.165) is 0 Å². The van der Waals surface area contributed by atoms with Crippen LogP contribution in [0.5, 0.6) is 0 Å². The second-order valence-electron chi connectivity index (χ2n) is 3.43. The van der Waals surface area contributed by atoms with E-state index >= 15 is 0 Å². The van der Waals surface area contributed by atoms with Crippen LogP contribution in [0.2, 0.25) is 0 Å². The number of nitrogens with one attached hydrogen (secondary N) is 1. The summed E-state index contributed by atoms with van der Waals surface area (Å²) in [5.74, 6) is 0.315. The fourth-order valence-corrected chi connectivity index (χ4v) is 0.882. The van der Waals surface area contributed by atoms with Crippen LogP contribution in [-0.4, -0.2) is 35.2 Å². The molecule has 0 aliphatic heterocycles. The SMILES string of the molecule is CC(C)CCN(C(=O)O)C(=O)NCC#N. The minimum atomic E-state index is -1.30. The Bertz CT molecular complexity index is 270. The molecule has 0 saturated heterocycles. The Kier molecular flexibility index (Phi) is 5.86. The van der Waals surface area contributed by atoms with Gasteiger partial charge in [-0.1, -0.05) is 13.8 Å². The van der Waals surface area contributed by atoms with Crippen molar-refractivity contribution in [3.63, 3.8) is 0 Å². The van der Waals surface area contributed by atoms with Gasteiger partial charge in [0, 0.05) is 6.54 Å². The van der Waals surface area contributed by atoms with Crippen molar-refractivity contribution in [3.05, 3.63) is 0 Å². The third-order valence-electron chi connectivity index (χ3n) is 1.72. The number of carboxylic acid groups (broad SMARTS) is 1. The zero-order valence-corrected chi connectivity index (χ0v) is 8.86. The van der Waals surface area contributed by atoms with Crippen molar-refractivity contribution in [2.75, 3.05) is 13.1 Å². The minimum Gasteiger partial charge on any atom is -0.465 e. The molecule has 3 amide bonds. The Morgan fingerprint density at radius 3 is 2.53 bits per heavy atom. The molecule has 2 N–H and O–H groups in total. The fraction of sp³-hybridized carbons (Fsp3) is 0.667. The first-order valence-corrected chi connectivity index (χ1v) is 4.64. The van der Waals surface area contributed by atoms with E-state index < -0.39 is 12.1 Å². The molecule has 84 valence electrons. The first-order valence-electron chi connectivity index (χ1n) is 4.64. The number of nitriles is 1. The summed E-state index contributed by atoms with van der Waals surface area (Å²) in [5.41, 5.74) is 0. The molecule has 6 heteroatoms. The van der Waals surface area contributed by atoms with Crippen molar-refractivity contribution >= 4 is 12.1 Å². The molecule has 0 aromatic carbocycles. The van der Waals surface area contributed by atoms with Crippen molar-refractivity contribution in [1.29, 1.82) is 5.26 Å². The number of hydrogen-bond donors (Lipinski definition) is 2. The summed E-state index contributed by atoms with van der Waals surface area (Å²) in [6.45, 7) is 3.83. The Balaban J connectivity index is 4.21. The van der Waals surface area contributed by atoms with Crippen LogP contribution in [-0.2, 0) is 0 Å². The highest BCUT2D eigenvalue weighted by Gasteiger charge is 2.19. The molecule has 0 aromatic rings. The number of carbonyl (C=O) groups is 2. The predicted octanol–water partition coefficient (Wildman–Crippen LogP) is 1.25. The van der Waals surface area contributed by atoms with Crippen molar-refractivity contribution in [1.82, 2.24) is 10.2 Å². The Hall–Kier alpha value is -1.77. The molecule has 0 rings (SSSR count). The van der Waals surface area contributed by atoms with Crippen molar-refractivity contribution in [2.45, 2.75) is 20.3 Å². The van der Waals surface area contributed by atoms with Crippen LogP contribution >= 0.6 is 0 Å². The Morgan fingerprint density at radius 2 is 2.13 bits per heavy atom. The summed E-state index contributed by atoms with van der Waals surface area (Å²) in [6, 6.07) is 0.960. The molecule has 0 fully saturated rings. The summed E-state index contributed by atoms with van der Waals surface area (Å²) in [5, 5.41) is 19.1. The maximum absolute atomic E-state index is 11.2. The molecule has 0 radical (unpaired) electrons. The lowest BCUT2D eigenvalue weighted by atomic mass is 10.1. The highest BCUT2D eigenvalue weighted by Crippen LogP contribution is 2.02. The van der Waals surface area contributed by atoms with Crippen LogP contribution in [0.15, 0.2) is 0 Å². The molecular formula is C9H15N3O3.